The fourth-order valence-electron chi connectivity index (χ4n) is 2.42. The first-order valence-corrected chi connectivity index (χ1v) is 6.51. The van der Waals surface area contributed by atoms with E-state index in [2.05, 4.69) is 25.4 Å². The van der Waals surface area contributed by atoms with E-state index in [9.17, 15) is 8.78 Å². The summed E-state index contributed by atoms with van der Waals surface area (Å²) in [5.41, 5.74) is 2.43. The number of fused-ring (bicyclic) bond motifs is 1. The van der Waals surface area contributed by atoms with Crippen molar-refractivity contribution in [2.24, 2.45) is 0 Å². The van der Waals surface area contributed by atoms with Gasteiger partial charge in [-0.05, 0) is 30.3 Å². The van der Waals surface area contributed by atoms with E-state index < -0.39 is 11.6 Å². The molecule has 7 heteroatoms. The van der Waals surface area contributed by atoms with Crippen molar-refractivity contribution in [3.63, 3.8) is 0 Å². The van der Waals surface area contributed by atoms with E-state index in [0.29, 0.717) is 17.1 Å². The molecule has 0 radical (unpaired) electrons. The first kappa shape index (κ1) is 12.6. The number of rotatable bonds is 2. The van der Waals surface area contributed by atoms with E-state index in [1.54, 1.807) is 0 Å². The van der Waals surface area contributed by atoms with Crippen LogP contribution in [0.5, 0.6) is 0 Å². The van der Waals surface area contributed by atoms with Gasteiger partial charge in [-0.3, -0.25) is 10.2 Å². The lowest BCUT2D eigenvalue weighted by atomic mass is 10.1. The average molecular weight is 297 g/mol. The number of hydrogen-bond donors (Lipinski definition) is 2. The molecule has 0 saturated carbocycles. The van der Waals surface area contributed by atoms with Gasteiger partial charge < -0.3 is 0 Å². The molecule has 0 amide bonds. The molecule has 0 unspecified atom stereocenters. The van der Waals surface area contributed by atoms with E-state index in [0.717, 1.165) is 22.5 Å². The van der Waals surface area contributed by atoms with Crippen LogP contribution < -0.4 is 0 Å². The van der Waals surface area contributed by atoms with E-state index >= 15 is 0 Å². The molecule has 0 fully saturated rings. The summed E-state index contributed by atoms with van der Waals surface area (Å²) in [4.78, 5) is 4.09. The standard InChI is InChI=1S/C15H9F2N5/c16-10-3-9(4-11(17)6-10)14-12-5-8(15-18-7-19-22-15)1-2-13(12)20-21-14/h1-7H,(H,20,21)(H,18,19,22). The Morgan fingerprint density at radius 1 is 0.864 bits per heavy atom. The van der Waals surface area contributed by atoms with Crippen LogP contribution in [0.1, 0.15) is 0 Å². The molecule has 0 atom stereocenters. The zero-order valence-electron chi connectivity index (χ0n) is 11.1. The molecule has 4 aromatic rings. The molecule has 0 aliphatic carbocycles. The van der Waals surface area contributed by atoms with Gasteiger partial charge in [-0.2, -0.15) is 10.2 Å². The highest BCUT2D eigenvalue weighted by Crippen LogP contribution is 2.30. The molecular weight excluding hydrogens is 288 g/mol. The van der Waals surface area contributed by atoms with E-state index in [4.69, 9.17) is 0 Å². The summed E-state index contributed by atoms with van der Waals surface area (Å²) < 4.78 is 26.8. The van der Waals surface area contributed by atoms with Crippen molar-refractivity contribution in [2.75, 3.05) is 0 Å². The maximum atomic E-state index is 13.4. The van der Waals surface area contributed by atoms with Gasteiger partial charge in [0.1, 0.15) is 23.7 Å². The predicted molar refractivity (Wildman–Crippen MR) is 76.8 cm³/mol. The highest BCUT2D eigenvalue weighted by atomic mass is 19.1. The minimum Gasteiger partial charge on any atom is -0.277 e. The van der Waals surface area contributed by atoms with Gasteiger partial charge in [0.15, 0.2) is 5.82 Å². The quantitative estimate of drug-likeness (QED) is 0.596. The summed E-state index contributed by atoms with van der Waals surface area (Å²) in [6.07, 6.45) is 1.41. The molecule has 0 aliphatic rings. The Bertz CT molecular complexity index is 939. The zero-order chi connectivity index (χ0) is 15.1. The topological polar surface area (TPSA) is 70.2 Å². The Kier molecular flexibility index (Phi) is 2.72. The molecule has 2 aromatic heterocycles. The second-order valence-electron chi connectivity index (χ2n) is 4.82. The average Bonchev–Trinajstić information content (AvgIpc) is 3.15. The first-order valence-electron chi connectivity index (χ1n) is 6.51. The van der Waals surface area contributed by atoms with Gasteiger partial charge in [0, 0.05) is 22.6 Å². The van der Waals surface area contributed by atoms with E-state index in [1.807, 2.05) is 18.2 Å². The number of aromatic nitrogens is 5. The van der Waals surface area contributed by atoms with Crippen LogP contribution in [0.15, 0.2) is 42.7 Å². The zero-order valence-corrected chi connectivity index (χ0v) is 11.1. The molecule has 0 aliphatic heterocycles. The van der Waals surface area contributed by atoms with Crippen LogP contribution in [0, 0.1) is 11.6 Å². The minimum atomic E-state index is -0.641. The molecule has 2 heterocycles. The van der Waals surface area contributed by atoms with E-state index in [-0.39, 0.29) is 0 Å². The number of halogens is 2. The molecule has 0 saturated heterocycles. The van der Waals surface area contributed by atoms with Gasteiger partial charge in [0.25, 0.3) is 0 Å². The molecule has 2 N–H and O–H groups in total. The summed E-state index contributed by atoms with van der Waals surface area (Å²) >= 11 is 0. The van der Waals surface area contributed by atoms with Crippen LogP contribution in [0.2, 0.25) is 0 Å². The number of H-pyrrole nitrogens is 2. The molecular formula is C15H9F2N5. The second kappa shape index (κ2) is 4.73. The largest absolute Gasteiger partial charge is 0.277 e. The van der Waals surface area contributed by atoms with Crippen molar-refractivity contribution in [1.29, 1.82) is 0 Å². The molecule has 108 valence electrons. The number of hydrogen-bond acceptors (Lipinski definition) is 3. The number of benzene rings is 2. The molecule has 5 nitrogen and oxygen atoms in total. The number of nitrogens with one attached hydrogen (secondary N) is 2. The van der Waals surface area contributed by atoms with Crippen molar-refractivity contribution in [2.45, 2.75) is 0 Å². The highest BCUT2D eigenvalue weighted by molar-refractivity contribution is 5.95. The third-order valence-electron chi connectivity index (χ3n) is 3.39. The van der Waals surface area contributed by atoms with Crippen LogP contribution in [0.4, 0.5) is 8.78 Å². The smallest absolute Gasteiger partial charge is 0.155 e. The summed E-state index contributed by atoms with van der Waals surface area (Å²) in [6.45, 7) is 0. The third-order valence-corrected chi connectivity index (χ3v) is 3.39. The second-order valence-corrected chi connectivity index (χ2v) is 4.82. The summed E-state index contributed by atoms with van der Waals surface area (Å²) in [6, 6.07) is 8.87. The Labute approximate surface area is 123 Å². The fraction of sp³-hybridized carbons (Fsp3) is 0. The van der Waals surface area contributed by atoms with Crippen LogP contribution in [0.25, 0.3) is 33.5 Å². The lowest BCUT2D eigenvalue weighted by Gasteiger charge is -2.01. The van der Waals surface area contributed by atoms with Gasteiger partial charge in [-0.25, -0.2) is 13.8 Å². The Hall–Kier alpha value is -3.09. The highest BCUT2D eigenvalue weighted by Gasteiger charge is 2.12. The summed E-state index contributed by atoms with van der Waals surface area (Å²) in [5.74, 6) is -0.672. The van der Waals surface area contributed by atoms with Crippen molar-refractivity contribution in [1.82, 2.24) is 25.4 Å². The monoisotopic (exact) mass is 297 g/mol. The van der Waals surface area contributed by atoms with Gasteiger partial charge in [0.2, 0.25) is 0 Å². The van der Waals surface area contributed by atoms with Crippen molar-refractivity contribution in [3.05, 3.63) is 54.4 Å². The van der Waals surface area contributed by atoms with Crippen LogP contribution >= 0.6 is 0 Å². The molecule has 2 aromatic carbocycles. The Morgan fingerprint density at radius 2 is 1.68 bits per heavy atom. The maximum Gasteiger partial charge on any atom is 0.155 e. The third kappa shape index (κ3) is 2.03. The fourth-order valence-corrected chi connectivity index (χ4v) is 2.42. The first-order chi connectivity index (χ1) is 10.7. The maximum absolute atomic E-state index is 13.4. The number of nitrogens with zero attached hydrogens (tertiary/aromatic N) is 3. The summed E-state index contributed by atoms with van der Waals surface area (Å²) in [5, 5.41) is 14.4. The molecule has 22 heavy (non-hydrogen) atoms. The Balaban J connectivity index is 1.93. The SMILES string of the molecule is Fc1cc(F)cc(-c2n[nH]c3ccc(-c4ncn[nH]4)cc23)c1. The van der Waals surface area contributed by atoms with Gasteiger partial charge in [-0.1, -0.05) is 0 Å². The normalized spacial score (nSPS) is 11.2. The molecule has 0 spiro atoms. The minimum absolute atomic E-state index is 0.374. The van der Waals surface area contributed by atoms with E-state index in [1.165, 1.54) is 18.5 Å². The lowest BCUT2D eigenvalue weighted by Crippen LogP contribution is -1.85. The van der Waals surface area contributed by atoms with Gasteiger partial charge >= 0.3 is 0 Å². The van der Waals surface area contributed by atoms with Crippen LogP contribution in [-0.4, -0.2) is 25.4 Å². The van der Waals surface area contributed by atoms with Crippen molar-refractivity contribution in [3.8, 4) is 22.6 Å². The van der Waals surface area contributed by atoms with Crippen molar-refractivity contribution >= 4 is 10.9 Å². The Morgan fingerprint density at radius 3 is 2.41 bits per heavy atom. The lowest BCUT2D eigenvalue weighted by molar-refractivity contribution is 0.584. The predicted octanol–water partition coefficient (Wildman–Crippen LogP) is 3.29. The summed E-state index contributed by atoms with van der Waals surface area (Å²) in [7, 11) is 0. The van der Waals surface area contributed by atoms with Gasteiger partial charge in [-0.15, -0.1) is 0 Å². The van der Waals surface area contributed by atoms with Gasteiger partial charge in [0.05, 0.1) is 5.52 Å². The van der Waals surface area contributed by atoms with Crippen LogP contribution in [0.3, 0.4) is 0 Å². The van der Waals surface area contributed by atoms with Crippen LogP contribution in [-0.2, 0) is 0 Å². The van der Waals surface area contributed by atoms with Crippen molar-refractivity contribution < 1.29 is 8.78 Å². The number of aromatic amines is 2. The molecule has 0 bridgehead atoms. The molecule has 4 rings (SSSR count).